The van der Waals surface area contributed by atoms with Crippen molar-refractivity contribution in [1.29, 1.82) is 0 Å². The number of hydrogen-bond acceptors (Lipinski definition) is 5. The Bertz CT molecular complexity index is 1270. The van der Waals surface area contributed by atoms with E-state index in [-0.39, 0.29) is 28.2 Å². The van der Waals surface area contributed by atoms with Gasteiger partial charge in [0.15, 0.2) is 0 Å². The number of amides is 1. The Morgan fingerprint density at radius 3 is 2.57 bits per heavy atom. The van der Waals surface area contributed by atoms with Crippen molar-refractivity contribution in [3.63, 3.8) is 0 Å². The maximum absolute atomic E-state index is 13.1. The smallest absolute Gasteiger partial charge is 0.261 e. The van der Waals surface area contributed by atoms with E-state index in [4.69, 9.17) is 4.74 Å². The van der Waals surface area contributed by atoms with Crippen molar-refractivity contribution in [2.24, 2.45) is 0 Å². The van der Waals surface area contributed by atoms with Gasteiger partial charge >= 0.3 is 0 Å². The fourth-order valence-electron chi connectivity index (χ4n) is 3.94. The number of carbonyl (C=O) groups is 1. The number of benzene rings is 3. The van der Waals surface area contributed by atoms with Crippen LogP contribution in [0.3, 0.4) is 0 Å². The second-order valence-corrected chi connectivity index (χ2v) is 10.2. The van der Waals surface area contributed by atoms with E-state index in [1.165, 1.54) is 42.0 Å². The van der Waals surface area contributed by atoms with Gasteiger partial charge in [-0.15, -0.1) is 0 Å². The van der Waals surface area contributed by atoms with Crippen LogP contribution in [-0.2, 0) is 21.3 Å². The van der Waals surface area contributed by atoms with Crippen LogP contribution in [0, 0.1) is 12.7 Å². The number of halogens is 1. The number of aryl methyl sites for hydroxylation is 1. The van der Waals surface area contributed by atoms with E-state index in [1.54, 1.807) is 13.0 Å². The molecule has 0 aliphatic carbocycles. The zero-order chi connectivity index (χ0) is 24.8. The summed E-state index contributed by atoms with van der Waals surface area (Å²) in [5.74, 6) is -0.836. The van der Waals surface area contributed by atoms with Crippen molar-refractivity contribution >= 4 is 21.6 Å². The molecule has 1 saturated heterocycles. The van der Waals surface area contributed by atoms with Crippen LogP contribution in [0.1, 0.15) is 21.5 Å². The summed E-state index contributed by atoms with van der Waals surface area (Å²) in [6.45, 7) is 4.96. The molecule has 1 unspecified atom stereocenters. The molecule has 0 bridgehead atoms. The van der Waals surface area contributed by atoms with Crippen LogP contribution in [0.15, 0.2) is 77.7 Å². The number of morpholine rings is 1. The van der Waals surface area contributed by atoms with Crippen molar-refractivity contribution in [1.82, 2.24) is 10.2 Å². The van der Waals surface area contributed by atoms with Gasteiger partial charge < -0.3 is 10.1 Å². The second-order valence-electron chi connectivity index (χ2n) is 8.51. The lowest BCUT2D eigenvalue weighted by Crippen LogP contribution is -2.47. The fourth-order valence-corrected chi connectivity index (χ4v) is 5.02. The van der Waals surface area contributed by atoms with Gasteiger partial charge in [0.1, 0.15) is 5.82 Å². The number of sulfonamides is 1. The molecular formula is C26H28FN3O4S. The molecule has 0 spiro atoms. The van der Waals surface area contributed by atoms with E-state index < -0.39 is 15.8 Å². The van der Waals surface area contributed by atoms with Gasteiger partial charge in [0.25, 0.3) is 15.9 Å². The van der Waals surface area contributed by atoms with E-state index in [2.05, 4.69) is 27.1 Å². The molecule has 4 rings (SSSR count). The molecule has 1 atom stereocenters. The van der Waals surface area contributed by atoms with Crippen LogP contribution >= 0.6 is 0 Å². The zero-order valence-corrected chi connectivity index (χ0v) is 20.2. The highest BCUT2D eigenvalue weighted by molar-refractivity contribution is 7.92. The second kappa shape index (κ2) is 11.0. The lowest BCUT2D eigenvalue weighted by atomic mass is 10.1. The molecule has 2 N–H and O–H groups in total. The molecule has 3 aromatic carbocycles. The first-order chi connectivity index (χ1) is 16.8. The molecular weight excluding hydrogens is 469 g/mol. The monoisotopic (exact) mass is 497 g/mol. The van der Waals surface area contributed by atoms with Crippen molar-refractivity contribution in [2.45, 2.75) is 24.5 Å². The van der Waals surface area contributed by atoms with E-state index in [1.807, 2.05) is 18.2 Å². The molecule has 0 saturated carbocycles. The first-order valence-electron chi connectivity index (χ1n) is 11.4. The number of nitrogens with one attached hydrogen (secondary N) is 2. The number of carbonyl (C=O) groups excluding carboxylic acids is 1. The molecule has 0 radical (unpaired) electrons. The molecule has 1 amide bonds. The molecule has 9 heteroatoms. The van der Waals surface area contributed by atoms with Crippen LogP contribution < -0.4 is 10.0 Å². The average Bonchev–Trinajstić information content (AvgIpc) is 2.85. The van der Waals surface area contributed by atoms with Crippen molar-refractivity contribution < 1.29 is 22.3 Å². The van der Waals surface area contributed by atoms with Crippen molar-refractivity contribution in [3.05, 3.63) is 95.3 Å². The summed E-state index contributed by atoms with van der Waals surface area (Å²) in [5.41, 5.74) is 2.37. The van der Waals surface area contributed by atoms with Gasteiger partial charge in [-0.3, -0.25) is 14.4 Å². The van der Waals surface area contributed by atoms with Crippen LogP contribution in [-0.4, -0.2) is 51.6 Å². The molecule has 184 valence electrons. The van der Waals surface area contributed by atoms with Crippen LogP contribution in [0.25, 0.3) is 0 Å². The molecule has 1 aliphatic heterocycles. The summed E-state index contributed by atoms with van der Waals surface area (Å²) in [6.07, 6.45) is -0.163. The average molecular weight is 498 g/mol. The SMILES string of the molecule is Cc1ccc(S(=O)(=O)Nc2ccc(F)cc2)cc1C(=O)NCC1CN(Cc2ccccc2)CCO1. The Hall–Kier alpha value is -3.27. The number of anilines is 1. The predicted octanol–water partition coefficient (Wildman–Crippen LogP) is 3.57. The van der Waals surface area contributed by atoms with Gasteiger partial charge in [0.05, 0.1) is 17.6 Å². The quantitative estimate of drug-likeness (QED) is 0.497. The van der Waals surface area contributed by atoms with E-state index in [0.29, 0.717) is 25.3 Å². The number of ether oxygens (including phenoxy) is 1. The largest absolute Gasteiger partial charge is 0.374 e. The standard InChI is InChI=1S/C26H28FN3O4S/c1-19-7-12-24(35(32,33)29-22-10-8-21(27)9-11-22)15-25(19)26(31)28-16-23-18-30(13-14-34-23)17-20-5-3-2-4-6-20/h2-12,15,23,29H,13-14,16-18H2,1H3,(H,28,31). The molecule has 7 nitrogen and oxygen atoms in total. The number of nitrogens with zero attached hydrogens (tertiary/aromatic N) is 1. The Balaban J connectivity index is 1.38. The summed E-state index contributed by atoms with van der Waals surface area (Å²) >= 11 is 0. The highest BCUT2D eigenvalue weighted by Crippen LogP contribution is 2.20. The minimum Gasteiger partial charge on any atom is -0.374 e. The third-order valence-corrected chi connectivity index (χ3v) is 7.20. The molecule has 1 heterocycles. The van der Waals surface area contributed by atoms with Gasteiger partial charge in [-0.1, -0.05) is 36.4 Å². The zero-order valence-electron chi connectivity index (χ0n) is 19.4. The first kappa shape index (κ1) is 24.8. The molecule has 35 heavy (non-hydrogen) atoms. The molecule has 1 aliphatic rings. The normalized spacial score (nSPS) is 16.6. The third-order valence-electron chi connectivity index (χ3n) is 5.82. The first-order valence-corrected chi connectivity index (χ1v) is 12.8. The summed E-state index contributed by atoms with van der Waals surface area (Å²) in [5, 5.41) is 2.88. The highest BCUT2D eigenvalue weighted by atomic mass is 32.2. The van der Waals surface area contributed by atoms with Gasteiger partial charge in [-0.05, 0) is 54.4 Å². The Kier molecular flexibility index (Phi) is 7.80. The molecule has 1 fully saturated rings. The fraction of sp³-hybridized carbons (Fsp3) is 0.269. The summed E-state index contributed by atoms with van der Waals surface area (Å²) in [6, 6.07) is 19.6. The molecule has 3 aromatic rings. The number of hydrogen-bond donors (Lipinski definition) is 2. The van der Waals surface area contributed by atoms with E-state index in [0.717, 1.165) is 13.1 Å². The summed E-state index contributed by atoms with van der Waals surface area (Å²) in [7, 11) is -3.96. The molecule has 0 aromatic heterocycles. The minimum absolute atomic E-state index is 0.0551. The van der Waals surface area contributed by atoms with Gasteiger partial charge in [-0.25, -0.2) is 12.8 Å². The maximum Gasteiger partial charge on any atom is 0.261 e. The van der Waals surface area contributed by atoms with Crippen LogP contribution in [0.2, 0.25) is 0 Å². The minimum atomic E-state index is -3.96. The number of rotatable bonds is 8. The van der Waals surface area contributed by atoms with Gasteiger partial charge in [-0.2, -0.15) is 0 Å². The van der Waals surface area contributed by atoms with Crippen LogP contribution in [0.4, 0.5) is 10.1 Å². The van der Waals surface area contributed by atoms with Crippen molar-refractivity contribution in [2.75, 3.05) is 31.0 Å². The highest BCUT2D eigenvalue weighted by Gasteiger charge is 2.23. The predicted molar refractivity (Wildman–Crippen MR) is 132 cm³/mol. The Morgan fingerprint density at radius 1 is 1.09 bits per heavy atom. The summed E-state index contributed by atoms with van der Waals surface area (Å²) in [4.78, 5) is 15.2. The van der Waals surface area contributed by atoms with E-state index in [9.17, 15) is 17.6 Å². The van der Waals surface area contributed by atoms with Crippen molar-refractivity contribution in [3.8, 4) is 0 Å². The Morgan fingerprint density at radius 2 is 1.83 bits per heavy atom. The van der Waals surface area contributed by atoms with Gasteiger partial charge in [0.2, 0.25) is 0 Å². The lowest BCUT2D eigenvalue weighted by molar-refractivity contribution is -0.0292. The third kappa shape index (κ3) is 6.66. The van der Waals surface area contributed by atoms with Gasteiger partial charge in [0, 0.05) is 37.4 Å². The van der Waals surface area contributed by atoms with Crippen LogP contribution in [0.5, 0.6) is 0 Å². The topological polar surface area (TPSA) is 87.7 Å². The lowest BCUT2D eigenvalue weighted by Gasteiger charge is -2.33. The summed E-state index contributed by atoms with van der Waals surface area (Å²) < 4.78 is 47.0. The maximum atomic E-state index is 13.1. The Labute approximate surface area is 205 Å². The van der Waals surface area contributed by atoms with E-state index >= 15 is 0 Å².